The van der Waals surface area contributed by atoms with Crippen LogP contribution in [0.3, 0.4) is 0 Å². The molecule has 0 aliphatic heterocycles. The van der Waals surface area contributed by atoms with Crippen molar-refractivity contribution in [2.45, 2.75) is 45.7 Å². The molecule has 0 aliphatic rings. The number of nitrogens with one attached hydrogen (secondary N) is 1. The molecule has 198 valence electrons. The molecule has 8 nitrogen and oxygen atoms in total. The van der Waals surface area contributed by atoms with E-state index in [0.29, 0.717) is 28.0 Å². The molecule has 0 saturated carbocycles. The second kappa shape index (κ2) is 13.7. The third-order valence-electron chi connectivity index (χ3n) is 5.56. The standard InChI is InChI=1S/C25H33Cl2N3O5S/c1-5-14-28-25(32)18(2)29(17-19-12-13-20(26)21(27)16-19)24(31)11-8-15-30(36(4,33)34)22-9-6-7-10-23(22)35-3/h6-7,9-10,12-13,16,18H,5,8,11,14-15,17H2,1-4H3,(H,28,32). The molecule has 36 heavy (non-hydrogen) atoms. The smallest absolute Gasteiger partial charge is 0.242 e. The van der Waals surface area contributed by atoms with Gasteiger partial charge < -0.3 is 15.0 Å². The van der Waals surface area contributed by atoms with E-state index in [-0.39, 0.29) is 37.7 Å². The Balaban J connectivity index is 2.21. The van der Waals surface area contributed by atoms with Gasteiger partial charge in [0.25, 0.3) is 0 Å². The van der Waals surface area contributed by atoms with Crippen molar-refractivity contribution >= 4 is 50.7 Å². The molecule has 0 aliphatic carbocycles. The number of benzene rings is 2. The summed E-state index contributed by atoms with van der Waals surface area (Å²) in [5.74, 6) is -0.137. The Morgan fingerprint density at radius 1 is 1.11 bits per heavy atom. The molecule has 11 heteroatoms. The molecule has 0 saturated heterocycles. The molecule has 0 bridgehead atoms. The van der Waals surface area contributed by atoms with Gasteiger partial charge >= 0.3 is 0 Å². The van der Waals surface area contributed by atoms with E-state index in [9.17, 15) is 18.0 Å². The van der Waals surface area contributed by atoms with Crippen LogP contribution in [-0.4, -0.2) is 57.6 Å². The molecule has 2 aromatic carbocycles. The zero-order valence-electron chi connectivity index (χ0n) is 21.0. The summed E-state index contributed by atoms with van der Waals surface area (Å²) in [6.45, 7) is 4.33. The molecular formula is C25H33Cl2N3O5S. The molecule has 2 aromatic rings. The maximum atomic E-state index is 13.3. The quantitative estimate of drug-likeness (QED) is 0.391. The molecule has 2 rings (SSSR count). The molecule has 0 aromatic heterocycles. The number of sulfonamides is 1. The summed E-state index contributed by atoms with van der Waals surface area (Å²) in [7, 11) is -2.16. The number of nitrogens with zero attached hydrogens (tertiary/aromatic N) is 2. The average Bonchev–Trinajstić information content (AvgIpc) is 2.84. The second-order valence-electron chi connectivity index (χ2n) is 8.35. The van der Waals surface area contributed by atoms with Crippen molar-refractivity contribution in [2.24, 2.45) is 0 Å². The van der Waals surface area contributed by atoms with Gasteiger partial charge in [-0.25, -0.2) is 8.42 Å². The number of carbonyl (C=O) groups is 2. The van der Waals surface area contributed by atoms with Crippen LogP contribution in [0.25, 0.3) is 0 Å². The minimum absolute atomic E-state index is 0.0356. The number of para-hydroxylation sites is 2. The Hall–Kier alpha value is -2.49. The van der Waals surface area contributed by atoms with Gasteiger partial charge in [-0.15, -0.1) is 0 Å². The number of rotatable bonds is 13. The Morgan fingerprint density at radius 3 is 2.42 bits per heavy atom. The number of amides is 2. The number of ether oxygens (including phenoxy) is 1. The third-order valence-corrected chi connectivity index (χ3v) is 7.48. The lowest BCUT2D eigenvalue weighted by Crippen LogP contribution is -2.47. The Kier molecular flexibility index (Phi) is 11.3. The Morgan fingerprint density at radius 2 is 1.81 bits per heavy atom. The molecule has 0 radical (unpaired) electrons. The molecule has 0 fully saturated rings. The van der Waals surface area contributed by atoms with Crippen LogP contribution >= 0.6 is 23.2 Å². The van der Waals surface area contributed by atoms with Crippen LogP contribution in [0.5, 0.6) is 5.75 Å². The maximum absolute atomic E-state index is 13.3. The number of hydrogen-bond acceptors (Lipinski definition) is 5. The number of halogens is 2. The van der Waals surface area contributed by atoms with E-state index in [1.165, 1.54) is 16.3 Å². The molecular weight excluding hydrogens is 525 g/mol. The topological polar surface area (TPSA) is 96.0 Å². The highest BCUT2D eigenvalue weighted by Gasteiger charge is 2.27. The number of carbonyl (C=O) groups excluding carboxylic acids is 2. The summed E-state index contributed by atoms with van der Waals surface area (Å²) in [6, 6.07) is 11.1. The van der Waals surface area contributed by atoms with Crippen molar-refractivity contribution in [1.82, 2.24) is 10.2 Å². The first-order chi connectivity index (χ1) is 17.0. The lowest BCUT2D eigenvalue weighted by molar-refractivity contribution is -0.140. The van der Waals surface area contributed by atoms with Crippen LogP contribution in [-0.2, 0) is 26.2 Å². The van der Waals surface area contributed by atoms with Crippen LogP contribution in [0.1, 0.15) is 38.7 Å². The summed E-state index contributed by atoms with van der Waals surface area (Å²) < 4.78 is 31.6. The van der Waals surface area contributed by atoms with E-state index in [1.54, 1.807) is 49.4 Å². The van der Waals surface area contributed by atoms with Gasteiger partial charge in [0.05, 0.1) is 29.1 Å². The van der Waals surface area contributed by atoms with Crippen molar-refractivity contribution in [3.63, 3.8) is 0 Å². The number of anilines is 1. The van der Waals surface area contributed by atoms with Crippen molar-refractivity contribution in [2.75, 3.05) is 30.8 Å². The van der Waals surface area contributed by atoms with E-state index in [4.69, 9.17) is 27.9 Å². The summed E-state index contributed by atoms with van der Waals surface area (Å²) in [6.07, 6.45) is 2.15. The molecule has 0 heterocycles. The van der Waals surface area contributed by atoms with Gasteiger partial charge in [-0.3, -0.25) is 13.9 Å². The van der Waals surface area contributed by atoms with Gasteiger partial charge in [0.1, 0.15) is 11.8 Å². The zero-order chi connectivity index (χ0) is 26.9. The molecule has 1 atom stereocenters. The van der Waals surface area contributed by atoms with Crippen LogP contribution < -0.4 is 14.4 Å². The summed E-state index contributed by atoms with van der Waals surface area (Å²) in [4.78, 5) is 27.4. The zero-order valence-corrected chi connectivity index (χ0v) is 23.3. The molecule has 0 spiro atoms. The van der Waals surface area contributed by atoms with E-state index in [2.05, 4.69) is 5.32 Å². The second-order valence-corrected chi connectivity index (χ2v) is 11.1. The average molecular weight is 559 g/mol. The molecule has 2 amide bonds. The first kappa shape index (κ1) is 29.7. The Labute approximate surface area is 223 Å². The fraction of sp³-hybridized carbons (Fsp3) is 0.440. The van der Waals surface area contributed by atoms with E-state index in [0.717, 1.165) is 18.2 Å². The molecule has 1 unspecified atom stereocenters. The number of hydrogen-bond donors (Lipinski definition) is 1. The third kappa shape index (κ3) is 8.28. The highest BCUT2D eigenvalue weighted by molar-refractivity contribution is 7.92. The van der Waals surface area contributed by atoms with Crippen LogP contribution in [0.4, 0.5) is 5.69 Å². The fourth-order valence-corrected chi connectivity index (χ4v) is 4.92. The minimum Gasteiger partial charge on any atom is -0.495 e. The normalized spacial score (nSPS) is 12.1. The monoisotopic (exact) mass is 557 g/mol. The van der Waals surface area contributed by atoms with Crippen molar-refractivity contribution < 1.29 is 22.7 Å². The van der Waals surface area contributed by atoms with Gasteiger partial charge in [-0.1, -0.05) is 48.3 Å². The lowest BCUT2D eigenvalue weighted by atomic mass is 10.1. The molecule has 1 N–H and O–H groups in total. The van der Waals surface area contributed by atoms with Crippen molar-refractivity contribution in [3.8, 4) is 5.75 Å². The van der Waals surface area contributed by atoms with Crippen LogP contribution in [0, 0.1) is 0 Å². The fourth-order valence-electron chi connectivity index (χ4n) is 3.63. The Bertz CT molecular complexity index is 1160. The lowest BCUT2D eigenvalue weighted by Gasteiger charge is -2.29. The number of methoxy groups -OCH3 is 1. The van der Waals surface area contributed by atoms with E-state index >= 15 is 0 Å². The maximum Gasteiger partial charge on any atom is 0.242 e. The van der Waals surface area contributed by atoms with Crippen LogP contribution in [0.2, 0.25) is 10.0 Å². The van der Waals surface area contributed by atoms with Gasteiger partial charge in [0.2, 0.25) is 21.8 Å². The highest BCUT2D eigenvalue weighted by atomic mass is 35.5. The minimum atomic E-state index is -3.63. The highest BCUT2D eigenvalue weighted by Crippen LogP contribution is 2.30. The predicted octanol–water partition coefficient (Wildman–Crippen LogP) is 4.49. The predicted molar refractivity (Wildman–Crippen MR) is 144 cm³/mol. The van der Waals surface area contributed by atoms with Gasteiger partial charge in [0, 0.05) is 26.1 Å². The SMILES string of the molecule is CCCNC(=O)C(C)N(Cc1ccc(Cl)c(Cl)c1)C(=O)CCCN(c1ccccc1OC)S(C)(=O)=O. The van der Waals surface area contributed by atoms with Crippen LogP contribution in [0.15, 0.2) is 42.5 Å². The van der Waals surface area contributed by atoms with Gasteiger partial charge in [0.15, 0.2) is 0 Å². The largest absolute Gasteiger partial charge is 0.495 e. The first-order valence-corrected chi connectivity index (χ1v) is 14.2. The van der Waals surface area contributed by atoms with E-state index in [1.807, 2.05) is 6.92 Å². The summed E-state index contributed by atoms with van der Waals surface area (Å²) in [5.41, 5.74) is 1.12. The van der Waals surface area contributed by atoms with E-state index < -0.39 is 16.1 Å². The first-order valence-electron chi connectivity index (χ1n) is 11.6. The summed E-state index contributed by atoms with van der Waals surface area (Å²) in [5, 5.41) is 3.57. The summed E-state index contributed by atoms with van der Waals surface area (Å²) >= 11 is 12.2. The van der Waals surface area contributed by atoms with Gasteiger partial charge in [-0.05, 0) is 49.6 Å². The van der Waals surface area contributed by atoms with Crippen molar-refractivity contribution in [3.05, 3.63) is 58.1 Å². The van der Waals surface area contributed by atoms with Gasteiger partial charge in [-0.2, -0.15) is 0 Å². The van der Waals surface area contributed by atoms with Crippen molar-refractivity contribution in [1.29, 1.82) is 0 Å².